The van der Waals surface area contributed by atoms with E-state index in [9.17, 15) is 8.42 Å². The molecule has 2 fully saturated rings. The maximum atomic E-state index is 11.9. The number of rotatable bonds is 7. The zero-order valence-electron chi connectivity index (χ0n) is 20.2. The third-order valence-corrected chi connectivity index (χ3v) is 7.43. The monoisotopic (exact) mass is 533 g/mol. The maximum Gasteiger partial charge on any atom is 0.242 e. The fourth-order valence-electron chi connectivity index (χ4n) is 4.26. The molecule has 0 radical (unpaired) electrons. The number of hydrogen-bond acceptors (Lipinski definition) is 9. The standard InChI is InChI=1S/C24H29N5O5S.H2S/c1-35(30,31)29-10-13-33-20(16-29)17-34-24-23-22(25-6-7-26-23)14-21(27-24)19-4-2-18(3-5-19)15-28-8-11-32-12-9-28;/h2-7,14,20H,8-13,15-17H2,1H3;1H2/t20-;/m0./s1. The largest absolute Gasteiger partial charge is 0.473 e. The molecule has 10 nitrogen and oxygen atoms in total. The predicted octanol–water partition coefficient (Wildman–Crippen LogP) is 1.68. The highest BCUT2D eigenvalue weighted by atomic mass is 32.2. The summed E-state index contributed by atoms with van der Waals surface area (Å²) in [7, 11) is -3.28. The number of nitrogens with zero attached hydrogens (tertiary/aromatic N) is 5. The first-order valence-corrected chi connectivity index (χ1v) is 13.5. The van der Waals surface area contributed by atoms with E-state index in [1.165, 1.54) is 16.1 Å². The molecular weight excluding hydrogens is 502 g/mol. The summed E-state index contributed by atoms with van der Waals surface area (Å²) in [6.45, 7) is 5.41. The highest BCUT2D eigenvalue weighted by Crippen LogP contribution is 2.27. The fraction of sp³-hybridized carbons (Fsp3) is 0.458. The number of ether oxygens (including phenoxy) is 3. The van der Waals surface area contributed by atoms with Crippen molar-refractivity contribution in [1.29, 1.82) is 0 Å². The lowest BCUT2D eigenvalue weighted by Gasteiger charge is -2.30. The molecule has 0 saturated carbocycles. The summed E-state index contributed by atoms with van der Waals surface area (Å²) in [5.41, 5.74) is 4.14. The molecule has 0 aliphatic carbocycles. The number of morpholine rings is 2. The summed E-state index contributed by atoms with van der Waals surface area (Å²) in [5.74, 6) is 0.350. The summed E-state index contributed by atoms with van der Waals surface area (Å²) in [6.07, 6.45) is 4.04. The van der Waals surface area contributed by atoms with Gasteiger partial charge in [0, 0.05) is 50.7 Å². The summed E-state index contributed by atoms with van der Waals surface area (Å²) in [6, 6.07) is 10.2. The van der Waals surface area contributed by atoms with Gasteiger partial charge >= 0.3 is 0 Å². The molecule has 0 amide bonds. The van der Waals surface area contributed by atoms with Crippen LogP contribution in [0, 0.1) is 0 Å². The number of aromatic nitrogens is 3. The van der Waals surface area contributed by atoms with E-state index in [2.05, 4.69) is 39.1 Å². The van der Waals surface area contributed by atoms with Crippen LogP contribution in [0.1, 0.15) is 5.56 Å². The van der Waals surface area contributed by atoms with Gasteiger partial charge in [-0.25, -0.2) is 18.4 Å². The SMILES string of the molecule is CS(=O)(=O)N1CCO[C@H](COc2nc(-c3ccc(CN4CCOCC4)cc3)cc3nccnc23)C1.S. The van der Waals surface area contributed by atoms with Crippen molar-refractivity contribution in [2.45, 2.75) is 12.6 Å². The molecule has 0 N–H and O–H groups in total. The Hall–Kier alpha value is -2.35. The molecule has 3 aromatic rings. The van der Waals surface area contributed by atoms with Crippen LogP contribution in [0.2, 0.25) is 0 Å². The average molecular weight is 534 g/mol. The second-order valence-electron chi connectivity index (χ2n) is 8.75. The Morgan fingerprint density at radius 3 is 2.56 bits per heavy atom. The molecule has 2 aromatic heterocycles. The van der Waals surface area contributed by atoms with Gasteiger partial charge in [0.15, 0.2) is 5.52 Å². The van der Waals surface area contributed by atoms with Crippen molar-refractivity contribution >= 4 is 34.6 Å². The molecule has 12 heteroatoms. The predicted molar refractivity (Wildman–Crippen MR) is 141 cm³/mol. The summed E-state index contributed by atoms with van der Waals surface area (Å²) in [4.78, 5) is 16.0. The van der Waals surface area contributed by atoms with Gasteiger partial charge in [-0.1, -0.05) is 24.3 Å². The smallest absolute Gasteiger partial charge is 0.242 e. The molecule has 2 saturated heterocycles. The molecule has 194 valence electrons. The summed E-state index contributed by atoms with van der Waals surface area (Å²) >= 11 is 0. The van der Waals surface area contributed by atoms with Crippen LogP contribution in [0.5, 0.6) is 5.88 Å². The van der Waals surface area contributed by atoms with Crippen molar-refractivity contribution in [2.75, 3.05) is 58.9 Å². The summed E-state index contributed by atoms with van der Waals surface area (Å²) < 4.78 is 42.4. The lowest BCUT2D eigenvalue weighted by molar-refractivity contribution is -0.0252. The summed E-state index contributed by atoms with van der Waals surface area (Å²) in [5, 5.41) is 0. The number of benzene rings is 1. The Bertz CT molecular complexity index is 1270. The van der Waals surface area contributed by atoms with Crippen molar-refractivity contribution in [2.24, 2.45) is 0 Å². The minimum atomic E-state index is -3.28. The number of fused-ring (bicyclic) bond motifs is 1. The van der Waals surface area contributed by atoms with Gasteiger partial charge in [-0.15, -0.1) is 0 Å². The first kappa shape index (κ1) is 26.7. The van der Waals surface area contributed by atoms with Crippen molar-refractivity contribution in [1.82, 2.24) is 24.2 Å². The molecule has 0 spiro atoms. The van der Waals surface area contributed by atoms with Crippen LogP contribution in [-0.4, -0.2) is 97.5 Å². The molecule has 4 heterocycles. The zero-order chi connectivity index (χ0) is 24.3. The van der Waals surface area contributed by atoms with E-state index in [0.717, 1.165) is 44.1 Å². The van der Waals surface area contributed by atoms with E-state index < -0.39 is 16.1 Å². The van der Waals surface area contributed by atoms with Crippen molar-refractivity contribution < 1.29 is 22.6 Å². The minimum Gasteiger partial charge on any atom is -0.473 e. The van der Waals surface area contributed by atoms with Gasteiger partial charge < -0.3 is 14.2 Å². The zero-order valence-corrected chi connectivity index (χ0v) is 22.0. The normalized spacial score (nSPS) is 19.6. The molecule has 1 atom stereocenters. The second kappa shape index (κ2) is 11.8. The minimum absolute atomic E-state index is 0. The van der Waals surface area contributed by atoms with Crippen LogP contribution >= 0.6 is 13.5 Å². The topological polar surface area (TPSA) is 107 Å². The van der Waals surface area contributed by atoms with Crippen LogP contribution in [0.4, 0.5) is 0 Å². The van der Waals surface area contributed by atoms with Crippen LogP contribution in [0.25, 0.3) is 22.3 Å². The molecule has 36 heavy (non-hydrogen) atoms. The third kappa shape index (κ3) is 6.50. The van der Waals surface area contributed by atoms with Crippen LogP contribution in [0.3, 0.4) is 0 Å². The Balaban J connectivity index is 0.00000304. The van der Waals surface area contributed by atoms with Crippen molar-refractivity contribution in [3.8, 4) is 17.1 Å². The Morgan fingerprint density at radius 1 is 1.06 bits per heavy atom. The van der Waals surface area contributed by atoms with E-state index in [1.807, 2.05) is 6.07 Å². The van der Waals surface area contributed by atoms with Gasteiger partial charge in [-0.2, -0.15) is 17.8 Å². The molecule has 5 rings (SSSR count). The van der Waals surface area contributed by atoms with Gasteiger partial charge in [0.05, 0.1) is 37.3 Å². The lowest BCUT2D eigenvalue weighted by atomic mass is 10.1. The van der Waals surface area contributed by atoms with Crippen LogP contribution in [0.15, 0.2) is 42.7 Å². The van der Waals surface area contributed by atoms with Crippen molar-refractivity contribution in [3.05, 3.63) is 48.3 Å². The highest BCUT2D eigenvalue weighted by Gasteiger charge is 2.27. The molecule has 2 aliphatic heterocycles. The molecule has 0 bridgehead atoms. The Labute approximate surface area is 218 Å². The Kier molecular flexibility index (Phi) is 8.75. The first-order valence-electron chi connectivity index (χ1n) is 11.7. The van der Waals surface area contributed by atoms with Gasteiger partial charge in [-0.3, -0.25) is 9.88 Å². The van der Waals surface area contributed by atoms with Gasteiger partial charge in [0.1, 0.15) is 12.7 Å². The van der Waals surface area contributed by atoms with Crippen LogP contribution in [-0.2, 0) is 26.0 Å². The fourth-order valence-corrected chi connectivity index (χ4v) is 5.10. The van der Waals surface area contributed by atoms with Gasteiger partial charge in [0.25, 0.3) is 0 Å². The van der Waals surface area contributed by atoms with E-state index in [1.54, 1.807) is 12.4 Å². The maximum absolute atomic E-state index is 11.9. The second-order valence-corrected chi connectivity index (χ2v) is 10.7. The molecule has 1 aromatic carbocycles. The first-order chi connectivity index (χ1) is 17.0. The number of hydrogen-bond donors (Lipinski definition) is 0. The highest BCUT2D eigenvalue weighted by molar-refractivity contribution is 7.88. The van der Waals surface area contributed by atoms with Crippen LogP contribution < -0.4 is 4.74 Å². The van der Waals surface area contributed by atoms with E-state index >= 15 is 0 Å². The molecule has 0 unspecified atom stereocenters. The van der Waals surface area contributed by atoms with Gasteiger partial charge in [0.2, 0.25) is 15.9 Å². The quantitative estimate of drug-likeness (QED) is 0.448. The van der Waals surface area contributed by atoms with E-state index in [4.69, 9.17) is 19.2 Å². The van der Waals surface area contributed by atoms with E-state index in [-0.39, 0.29) is 26.6 Å². The lowest BCUT2D eigenvalue weighted by Crippen LogP contribution is -2.47. The average Bonchev–Trinajstić information content (AvgIpc) is 2.88. The number of pyridine rings is 1. The Morgan fingerprint density at radius 2 is 1.81 bits per heavy atom. The van der Waals surface area contributed by atoms with E-state index in [0.29, 0.717) is 30.1 Å². The van der Waals surface area contributed by atoms with Crippen molar-refractivity contribution in [3.63, 3.8) is 0 Å². The van der Waals surface area contributed by atoms with Gasteiger partial charge in [-0.05, 0) is 11.6 Å². The molecule has 2 aliphatic rings. The third-order valence-electron chi connectivity index (χ3n) is 6.16. The number of sulfonamides is 1. The molecular formula is C24H31N5O5S2.